The molecule has 2 aliphatic heterocycles. The van der Waals surface area contributed by atoms with Gasteiger partial charge in [-0.2, -0.15) is 0 Å². The Morgan fingerprint density at radius 2 is 2.04 bits per heavy atom. The second-order valence-electron chi connectivity index (χ2n) is 7.92. The Hall–Kier alpha value is -2.43. The van der Waals surface area contributed by atoms with Gasteiger partial charge in [0.1, 0.15) is 0 Å². The molecule has 2 aromatic rings. The molecule has 2 aliphatic rings. The van der Waals surface area contributed by atoms with Gasteiger partial charge in [-0.05, 0) is 54.5 Å². The summed E-state index contributed by atoms with van der Waals surface area (Å²) >= 11 is 0. The minimum Gasteiger partial charge on any atom is -0.388 e. The van der Waals surface area contributed by atoms with Crippen molar-refractivity contribution in [2.45, 2.75) is 38.7 Å². The normalized spacial score (nSPS) is 18.2. The van der Waals surface area contributed by atoms with Gasteiger partial charge in [-0.3, -0.25) is 9.69 Å². The number of aryl methyl sites for hydroxylation is 2. The molecule has 1 amide bonds. The monoisotopic (exact) mass is 376 g/mol. The van der Waals surface area contributed by atoms with E-state index < -0.39 is 6.10 Å². The molecule has 1 atom stereocenters. The zero-order chi connectivity index (χ0) is 19.5. The molecule has 4 heteroatoms. The van der Waals surface area contributed by atoms with Crippen LogP contribution in [0.25, 0.3) is 5.57 Å². The van der Waals surface area contributed by atoms with Crippen LogP contribution in [0.4, 0.5) is 5.69 Å². The molecule has 4 rings (SSSR count). The summed E-state index contributed by atoms with van der Waals surface area (Å²) in [5.41, 5.74) is 7.02. The van der Waals surface area contributed by atoms with Gasteiger partial charge in [0.2, 0.25) is 5.91 Å². The highest BCUT2D eigenvalue weighted by Crippen LogP contribution is 2.28. The van der Waals surface area contributed by atoms with Gasteiger partial charge in [0, 0.05) is 31.7 Å². The number of hydrogen-bond donors (Lipinski definition) is 2. The van der Waals surface area contributed by atoms with Gasteiger partial charge >= 0.3 is 0 Å². The van der Waals surface area contributed by atoms with E-state index in [9.17, 15) is 9.90 Å². The number of rotatable bonds is 5. The molecule has 0 saturated heterocycles. The van der Waals surface area contributed by atoms with Crippen molar-refractivity contribution in [2.75, 3.05) is 25.0 Å². The third-order valence-corrected chi connectivity index (χ3v) is 5.81. The molecule has 1 unspecified atom stereocenters. The molecule has 0 bridgehead atoms. The molecule has 0 aromatic heterocycles. The number of amides is 1. The Labute approximate surface area is 166 Å². The van der Waals surface area contributed by atoms with E-state index in [0.29, 0.717) is 6.42 Å². The van der Waals surface area contributed by atoms with Gasteiger partial charge in [-0.25, -0.2) is 0 Å². The van der Waals surface area contributed by atoms with Gasteiger partial charge in [-0.1, -0.05) is 48.0 Å². The number of anilines is 1. The Morgan fingerprint density at radius 1 is 1.14 bits per heavy atom. The lowest BCUT2D eigenvalue weighted by atomic mass is 9.96. The summed E-state index contributed by atoms with van der Waals surface area (Å²) in [6, 6.07) is 14.6. The van der Waals surface area contributed by atoms with Crippen LogP contribution in [0.2, 0.25) is 0 Å². The quantitative estimate of drug-likeness (QED) is 0.826. The van der Waals surface area contributed by atoms with Crippen LogP contribution in [0.1, 0.15) is 47.6 Å². The number of nitrogens with zero attached hydrogens (tertiary/aromatic N) is 1. The smallest absolute Gasteiger partial charge is 0.224 e. The van der Waals surface area contributed by atoms with Crippen LogP contribution in [-0.4, -0.2) is 35.5 Å². The highest BCUT2D eigenvalue weighted by molar-refractivity contribution is 5.93. The molecular formula is C24H28N2O2. The fourth-order valence-corrected chi connectivity index (χ4v) is 4.10. The molecule has 4 nitrogen and oxygen atoms in total. The van der Waals surface area contributed by atoms with E-state index in [0.717, 1.165) is 55.7 Å². The zero-order valence-electron chi connectivity index (χ0n) is 16.4. The fraction of sp³-hybridized carbons (Fsp3) is 0.375. The zero-order valence-corrected chi connectivity index (χ0v) is 16.4. The summed E-state index contributed by atoms with van der Waals surface area (Å²) in [5.74, 6) is 0.0731. The van der Waals surface area contributed by atoms with Gasteiger partial charge in [0.05, 0.1) is 6.10 Å². The predicted octanol–water partition coefficient (Wildman–Crippen LogP) is 4.09. The third-order valence-electron chi connectivity index (χ3n) is 5.81. The van der Waals surface area contributed by atoms with E-state index in [4.69, 9.17) is 0 Å². The van der Waals surface area contributed by atoms with E-state index in [-0.39, 0.29) is 5.91 Å². The van der Waals surface area contributed by atoms with Crippen molar-refractivity contribution in [3.63, 3.8) is 0 Å². The van der Waals surface area contributed by atoms with Crippen molar-refractivity contribution >= 4 is 17.2 Å². The summed E-state index contributed by atoms with van der Waals surface area (Å²) in [4.78, 5) is 13.9. The topological polar surface area (TPSA) is 52.6 Å². The van der Waals surface area contributed by atoms with Crippen LogP contribution in [0.5, 0.6) is 0 Å². The van der Waals surface area contributed by atoms with Crippen LogP contribution in [-0.2, 0) is 11.2 Å². The highest BCUT2D eigenvalue weighted by atomic mass is 16.3. The van der Waals surface area contributed by atoms with Gasteiger partial charge < -0.3 is 10.4 Å². The van der Waals surface area contributed by atoms with E-state index >= 15 is 0 Å². The lowest BCUT2D eigenvalue weighted by molar-refractivity contribution is -0.116. The van der Waals surface area contributed by atoms with Crippen molar-refractivity contribution in [1.82, 2.24) is 4.90 Å². The van der Waals surface area contributed by atoms with Crippen LogP contribution in [0, 0.1) is 6.92 Å². The molecular weight excluding hydrogens is 348 g/mol. The summed E-state index contributed by atoms with van der Waals surface area (Å²) in [6.45, 7) is 4.98. The lowest BCUT2D eigenvalue weighted by Gasteiger charge is -2.27. The van der Waals surface area contributed by atoms with Crippen LogP contribution < -0.4 is 5.32 Å². The van der Waals surface area contributed by atoms with Gasteiger partial charge in [0.15, 0.2) is 0 Å². The minimum absolute atomic E-state index is 0.0731. The molecule has 2 aromatic carbocycles. The van der Waals surface area contributed by atoms with E-state index in [2.05, 4.69) is 47.5 Å². The molecule has 0 spiro atoms. The molecule has 28 heavy (non-hydrogen) atoms. The largest absolute Gasteiger partial charge is 0.388 e. The van der Waals surface area contributed by atoms with Gasteiger partial charge in [-0.15, -0.1) is 0 Å². The van der Waals surface area contributed by atoms with Crippen molar-refractivity contribution < 1.29 is 9.90 Å². The molecule has 0 saturated carbocycles. The molecule has 0 radical (unpaired) electrons. The second kappa shape index (κ2) is 8.29. The Morgan fingerprint density at radius 3 is 2.82 bits per heavy atom. The molecule has 2 N–H and O–H groups in total. The van der Waals surface area contributed by atoms with E-state index in [1.54, 1.807) is 0 Å². The molecule has 2 heterocycles. The van der Waals surface area contributed by atoms with Crippen molar-refractivity contribution in [3.8, 4) is 0 Å². The Kier molecular flexibility index (Phi) is 5.60. The molecule has 146 valence electrons. The third kappa shape index (κ3) is 4.34. The maximum absolute atomic E-state index is 11.5. The van der Waals surface area contributed by atoms with Crippen molar-refractivity contribution in [2.24, 2.45) is 0 Å². The van der Waals surface area contributed by atoms with E-state index in [1.165, 1.54) is 16.7 Å². The SMILES string of the molecule is Cc1cccc(C2=CCN(CCC(O)c3ccc4c(c3)CCC(=O)N4)CC2)c1. The number of carbonyl (C=O) groups excluding carboxylic acids is 1. The van der Waals surface area contributed by atoms with Crippen LogP contribution >= 0.6 is 0 Å². The standard InChI is InChI=1S/C24H28N2O2/c1-17-3-2-4-19(15-17)18-9-12-26(13-10-18)14-11-23(27)21-5-7-22-20(16-21)6-8-24(28)25-22/h2-5,7,9,15-16,23,27H,6,8,10-14H2,1H3,(H,25,28). The first-order valence-corrected chi connectivity index (χ1v) is 10.2. The summed E-state index contributed by atoms with van der Waals surface area (Å²) in [7, 11) is 0. The molecule has 0 fully saturated rings. The lowest BCUT2D eigenvalue weighted by Crippen LogP contribution is -2.30. The summed E-state index contributed by atoms with van der Waals surface area (Å²) in [5, 5.41) is 13.5. The average Bonchev–Trinajstić information content (AvgIpc) is 2.72. The first-order chi connectivity index (χ1) is 13.6. The highest BCUT2D eigenvalue weighted by Gasteiger charge is 2.18. The number of carbonyl (C=O) groups is 1. The number of aliphatic hydroxyl groups is 1. The number of nitrogens with one attached hydrogen (secondary N) is 1. The first-order valence-electron chi connectivity index (χ1n) is 10.2. The summed E-state index contributed by atoms with van der Waals surface area (Å²) in [6.07, 6.45) is 4.91. The number of fused-ring (bicyclic) bond motifs is 1. The fourth-order valence-electron chi connectivity index (χ4n) is 4.10. The van der Waals surface area contributed by atoms with Gasteiger partial charge in [0.25, 0.3) is 0 Å². The average molecular weight is 377 g/mol. The van der Waals surface area contributed by atoms with Crippen molar-refractivity contribution in [3.05, 3.63) is 70.8 Å². The van der Waals surface area contributed by atoms with Crippen LogP contribution in [0.3, 0.4) is 0 Å². The Balaban J connectivity index is 1.32. The van der Waals surface area contributed by atoms with Crippen molar-refractivity contribution in [1.29, 1.82) is 0 Å². The molecule has 0 aliphatic carbocycles. The van der Waals surface area contributed by atoms with Crippen LogP contribution in [0.15, 0.2) is 48.5 Å². The second-order valence-corrected chi connectivity index (χ2v) is 7.92. The first kappa shape index (κ1) is 18.9. The maximum Gasteiger partial charge on any atom is 0.224 e. The maximum atomic E-state index is 11.5. The minimum atomic E-state index is -0.468. The predicted molar refractivity (Wildman–Crippen MR) is 113 cm³/mol. The number of benzene rings is 2. The summed E-state index contributed by atoms with van der Waals surface area (Å²) < 4.78 is 0. The van der Waals surface area contributed by atoms with E-state index in [1.807, 2.05) is 18.2 Å². The Bertz CT molecular complexity index is 903. The number of aliphatic hydroxyl groups excluding tert-OH is 1. The number of hydrogen-bond acceptors (Lipinski definition) is 3.